The number of anilines is 3. The summed E-state index contributed by atoms with van der Waals surface area (Å²) < 4.78 is 5.45. The third-order valence-corrected chi connectivity index (χ3v) is 7.01. The van der Waals surface area contributed by atoms with Gasteiger partial charge in [0.25, 0.3) is 0 Å². The van der Waals surface area contributed by atoms with Gasteiger partial charge in [-0.3, -0.25) is 4.79 Å². The number of benzene rings is 1. The normalized spacial score (nSPS) is 14.8. The molecule has 0 spiro atoms. The van der Waals surface area contributed by atoms with Gasteiger partial charge in [0.05, 0.1) is 30.2 Å². The van der Waals surface area contributed by atoms with E-state index in [1.54, 1.807) is 35.7 Å². The van der Waals surface area contributed by atoms with Crippen LogP contribution >= 0.6 is 11.3 Å². The van der Waals surface area contributed by atoms with Crippen molar-refractivity contribution in [1.82, 2.24) is 14.9 Å². The maximum atomic E-state index is 9.87. The van der Waals surface area contributed by atoms with E-state index in [9.17, 15) is 4.79 Å². The van der Waals surface area contributed by atoms with E-state index in [2.05, 4.69) is 21.4 Å². The SMILES string of the molecule is COc1cc(N)c(C=N)cc1Nc1ncnc2sc3c(c12)CCCC3.N#CC1CN(C=O)C1. The molecular formula is C23H25N7O2S. The smallest absolute Gasteiger partial charge is 0.209 e. The summed E-state index contributed by atoms with van der Waals surface area (Å²) in [5.74, 6) is 1.50. The highest BCUT2D eigenvalue weighted by Crippen LogP contribution is 2.40. The van der Waals surface area contributed by atoms with E-state index in [1.807, 2.05) is 6.07 Å². The molecule has 0 radical (unpaired) electrons. The predicted molar refractivity (Wildman–Crippen MR) is 129 cm³/mol. The summed E-state index contributed by atoms with van der Waals surface area (Å²) >= 11 is 1.77. The second-order valence-corrected chi connectivity index (χ2v) is 9.03. The number of nitriles is 1. The van der Waals surface area contributed by atoms with Gasteiger partial charge in [-0.15, -0.1) is 11.3 Å². The number of rotatable bonds is 5. The number of aromatic nitrogens is 2. The van der Waals surface area contributed by atoms with Crippen LogP contribution in [-0.2, 0) is 17.6 Å². The van der Waals surface area contributed by atoms with Gasteiger partial charge in [0.2, 0.25) is 6.41 Å². The molecule has 3 heterocycles. The molecule has 9 nitrogen and oxygen atoms in total. The molecule has 5 rings (SSSR count). The van der Waals surface area contributed by atoms with Gasteiger partial charge in [0.15, 0.2) is 0 Å². The minimum Gasteiger partial charge on any atom is -0.494 e. The lowest BCUT2D eigenvalue weighted by atomic mass is 9.97. The number of hydrogen-bond donors (Lipinski definition) is 3. The van der Waals surface area contributed by atoms with Crippen LogP contribution in [0.4, 0.5) is 17.2 Å². The molecular weight excluding hydrogens is 438 g/mol. The number of nitrogen functional groups attached to an aromatic ring is 1. The van der Waals surface area contributed by atoms with Crippen molar-refractivity contribution in [3.05, 3.63) is 34.5 Å². The van der Waals surface area contributed by atoms with Gasteiger partial charge in [-0.25, -0.2) is 9.97 Å². The average Bonchev–Trinajstić information content (AvgIpc) is 3.19. The molecule has 2 aliphatic rings. The number of nitrogens with two attached hydrogens (primary N) is 1. The van der Waals surface area contributed by atoms with Gasteiger partial charge >= 0.3 is 0 Å². The summed E-state index contributed by atoms with van der Waals surface area (Å²) in [4.78, 5) is 22.8. The van der Waals surface area contributed by atoms with Gasteiger partial charge in [-0.1, -0.05) is 0 Å². The van der Waals surface area contributed by atoms with Crippen molar-refractivity contribution in [3.8, 4) is 11.8 Å². The summed E-state index contributed by atoms with van der Waals surface area (Å²) in [7, 11) is 1.60. The summed E-state index contributed by atoms with van der Waals surface area (Å²) in [5.41, 5.74) is 9.22. The number of carbonyl (C=O) groups is 1. The van der Waals surface area contributed by atoms with Crippen LogP contribution < -0.4 is 15.8 Å². The van der Waals surface area contributed by atoms with Crippen molar-refractivity contribution in [3.63, 3.8) is 0 Å². The Morgan fingerprint density at radius 3 is 2.82 bits per heavy atom. The van der Waals surface area contributed by atoms with Gasteiger partial charge < -0.3 is 26.1 Å². The first kappa shape index (κ1) is 22.5. The average molecular weight is 464 g/mol. The highest BCUT2D eigenvalue weighted by molar-refractivity contribution is 7.19. The fraction of sp³-hybridized carbons (Fsp3) is 0.348. The van der Waals surface area contributed by atoms with Crippen LogP contribution in [-0.4, -0.2) is 47.7 Å². The van der Waals surface area contributed by atoms with E-state index in [4.69, 9.17) is 21.1 Å². The molecule has 2 aromatic heterocycles. The Bertz CT molecular complexity index is 1230. The van der Waals surface area contributed by atoms with Gasteiger partial charge in [0.1, 0.15) is 22.7 Å². The maximum absolute atomic E-state index is 9.87. The van der Waals surface area contributed by atoms with Crippen LogP contribution in [0.2, 0.25) is 0 Å². The largest absolute Gasteiger partial charge is 0.494 e. The number of nitrogens with one attached hydrogen (secondary N) is 2. The number of ether oxygens (including phenoxy) is 1. The summed E-state index contributed by atoms with van der Waals surface area (Å²) in [6.45, 7) is 1.25. The quantitative estimate of drug-likeness (QED) is 0.299. The molecule has 1 fully saturated rings. The van der Waals surface area contributed by atoms with Gasteiger partial charge in [-0.2, -0.15) is 5.26 Å². The van der Waals surface area contributed by atoms with Crippen LogP contribution in [0.5, 0.6) is 5.75 Å². The van der Waals surface area contributed by atoms with Gasteiger partial charge in [-0.05, 0) is 37.3 Å². The van der Waals surface area contributed by atoms with Crippen molar-refractivity contribution in [2.45, 2.75) is 25.7 Å². The highest BCUT2D eigenvalue weighted by Gasteiger charge is 2.24. The molecule has 0 atom stereocenters. The Morgan fingerprint density at radius 1 is 1.33 bits per heavy atom. The third-order valence-electron chi connectivity index (χ3n) is 5.81. The number of likely N-dealkylation sites (tertiary alicyclic amines) is 1. The number of nitrogens with zero attached hydrogens (tertiary/aromatic N) is 4. The van der Waals surface area contributed by atoms with Crippen molar-refractivity contribution in [2.24, 2.45) is 5.92 Å². The minimum atomic E-state index is 0.0974. The van der Waals surface area contributed by atoms with Crippen LogP contribution in [0.25, 0.3) is 10.2 Å². The number of carbonyl (C=O) groups excluding carboxylic acids is 1. The first-order chi connectivity index (χ1) is 16.1. The van der Waals surface area contributed by atoms with Crippen molar-refractivity contribution in [2.75, 3.05) is 31.2 Å². The molecule has 4 N–H and O–H groups in total. The van der Waals surface area contributed by atoms with Crippen molar-refractivity contribution < 1.29 is 9.53 Å². The summed E-state index contributed by atoms with van der Waals surface area (Å²) in [6, 6.07) is 5.60. The molecule has 33 heavy (non-hydrogen) atoms. The van der Waals surface area contributed by atoms with Crippen LogP contribution in [0.15, 0.2) is 18.5 Å². The molecule has 170 valence electrons. The number of aryl methyl sites for hydroxylation is 2. The molecule has 1 aliphatic carbocycles. The standard InChI is InChI=1S/C18H19N5OS.C5H6N2O/c1-24-14-7-12(20)10(8-19)6-13(14)23-17-16-11-4-2-3-5-15(11)25-18(16)22-9-21-17;6-1-5-2-7(3-5)4-8/h6-9,19H,2-5,20H2,1H3,(H,21,22,23);4-5H,2-3H2. The lowest BCUT2D eigenvalue weighted by molar-refractivity contribution is -0.122. The van der Waals surface area contributed by atoms with E-state index in [0.29, 0.717) is 30.1 Å². The predicted octanol–water partition coefficient (Wildman–Crippen LogP) is 3.50. The zero-order chi connectivity index (χ0) is 23.4. The fourth-order valence-electron chi connectivity index (χ4n) is 4.00. The van der Waals surface area contributed by atoms with E-state index in [1.165, 1.54) is 29.5 Å². The Balaban J connectivity index is 0.000000275. The molecule has 0 bridgehead atoms. The Morgan fingerprint density at radius 2 is 2.12 bits per heavy atom. The van der Waals surface area contributed by atoms with E-state index >= 15 is 0 Å². The van der Waals surface area contributed by atoms with Gasteiger partial charge in [0, 0.05) is 41.5 Å². The number of amides is 1. The molecule has 10 heteroatoms. The Hall–Kier alpha value is -3.71. The van der Waals surface area contributed by atoms with Crippen LogP contribution in [0.3, 0.4) is 0 Å². The van der Waals surface area contributed by atoms with E-state index in [-0.39, 0.29) is 5.92 Å². The lowest BCUT2D eigenvalue weighted by Gasteiger charge is -2.31. The zero-order valence-corrected chi connectivity index (χ0v) is 19.1. The van der Waals surface area contributed by atoms with Crippen LogP contribution in [0.1, 0.15) is 28.8 Å². The molecule has 1 amide bonds. The second-order valence-electron chi connectivity index (χ2n) is 7.95. The zero-order valence-electron chi connectivity index (χ0n) is 18.3. The Kier molecular flexibility index (Phi) is 6.70. The third kappa shape index (κ3) is 4.59. The number of methoxy groups -OCH3 is 1. The number of hydrogen-bond acceptors (Lipinski definition) is 9. The minimum absolute atomic E-state index is 0.0974. The molecule has 3 aromatic rings. The highest BCUT2D eigenvalue weighted by atomic mass is 32.1. The van der Waals surface area contributed by atoms with E-state index in [0.717, 1.165) is 41.0 Å². The fourth-order valence-corrected chi connectivity index (χ4v) is 5.23. The molecule has 1 aromatic carbocycles. The summed E-state index contributed by atoms with van der Waals surface area (Å²) in [6.07, 6.45) is 8.24. The Labute approximate surface area is 195 Å². The van der Waals surface area contributed by atoms with Crippen LogP contribution in [0, 0.1) is 22.7 Å². The topological polar surface area (TPSA) is 141 Å². The molecule has 0 saturated carbocycles. The molecule has 0 unspecified atom stereocenters. The van der Waals surface area contributed by atoms with E-state index < -0.39 is 0 Å². The number of thiophene rings is 1. The maximum Gasteiger partial charge on any atom is 0.209 e. The summed E-state index contributed by atoms with van der Waals surface area (Å²) in [5, 5.41) is 20.2. The monoisotopic (exact) mass is 463 g/mol. The lowest BCUT2D eigenvalue weighted by Crippen LogP contribution is -2.44. The molecule has 1 saturated heterocycles. The first-order valence-electron chi connectivity index (χ1n) is 10.7. The first-order valence-corrected chi connectivity index (χ1v) is 11.5. The molecule has 1 aliphatic heterocycles. The van der Waals surface area contributed by atoms with Crippen molar-refractivity contribution in [1.29, 1.82) is 10.7 Å². The number of fused-ring (bicyclic) bond motifs is 3. The van der Waals surface area contributed by atoms with Crippen molar-refractivity contribution >= 4 is 51.4 Å². The second kappa shape index (κ2) is 9.83.